The van der Waals surface area contributed by atoms with Gasteiger partial charge in [-0.15, -0.1) is 0 Å². The van der Waals surface area contributed by atoms with Crippen molar-refractivity contribution in [2.45, 2.75) is 63.0 Å². The highest BCUT2D eigenvalue weighted by Gasteiger charge is 2.49. The summed E-state index contributed by atoms with van der Waals surface area (Å²) in [6.45, 7) is 5.94. The number of hydrogen-bond acceptors (Lipinski definition) is 6. The van der Waals surface area contributed by atoms with Gasteiger partial charge < -0.3 is 19.3 Å². The van der Waals surface area contributed by atoms with Crippen LogP contribution in [0.4, 0.5) is 10.1 Å². The molecular formula is C27H35FN4O2. The molecule has 4 aliphatic rings. The van der Waals surface area contributed by atoms with E-state index in [9.17, 15) is 4.39 Å². The Morgan fingerprint density at radius 3 is 2.53 bits per heavy atom. The molecule has 0 N–H and O–H groups in total. The van der Waals surface area contributed by atoms with Crippen molar-refractivity contribution < 1.29 is 13.9 Å². The van der Waals surface area contributed by atoms with Gasteiger partial charge in [0, 0.05) is 43.0 Å². The summed E-state index contributed by atoms with van der Waals surface area (Å²) in [4.78, 5) is 13.5. The van der Waals surface area contributed by atoms with E-state index < -0.39 is 0 Å². The fraction of sp³-hybridized carbons (Fsp3) is 0.630. The quantitative estimate of drug-likeness (QED) is 0.651. The summed E-state index contributed by atoms with van der Waals surface area (Å²) in [5, 5.41) is 0. The third-order valence-corrected chi connectivity index (χ3v) is 8.56. The van der Waals surface area contributed by atoms with Crippen molar-refractivity contribution in [1.29, 1.82) is 0 Å². The molecule has 3 saturated heterocycles. The second-order valence-corrected chi connectivity index (χ2v) is 10.8. The topological polar surface area (TPSA) is 50.7 Å². The molecule has 1 aromatic heterocycles. The van der Waals surface area contributed by atoms with Crippen LogP contribution >= 0.6 is 0 Å². The van der Waals surface area contributed by atoms with E-state index in [1.165, 1.54) is 25.3 Å². The maximum Gasteiger partial charge on any atom is 0.123 e. The molecule has 1 aliphatic carbocycles. The summed E-state index contributed by atoms with van der Waals surface area (Å²) in [5.74, 6) is 1.09. The highest BCUT2D eigenvalue weighted by molar-refractivity contribution is 5.46. The second kappa shape index (κ2) is 9.42. The number of ether oxygens (including phenoxy) is 2. The van der Waals surface area contributed by atoms with Crippen molar-refractivity contribution in [3.8, 4) is 5.75 Å². The van der Waals surface area contributed by atoms with Gasteiger partial charge in [0.05, 0.1) is 31.3 Å². The zero-order chi connectivity index (χ0) is 23.0. The average molecular weight is 467 g/mol. The number of benzene rings is 1. The van der Waals surface area contributed by atoms with Crippen LogP contribution in [0.15, 0.2) is 36.9 Å². The Hall–Kier alpha value is -2.25. The lowest BCUT2D eigenvalue weighted by Crippen LogP contribution is -2.56. The number of halogens is 1. The molecule has 1 unspecified atom stereocenters. The van der Waals surface area contributed by atoms with Gasteiger partial charge in [0.15, 0.2) is 0 Å². The average Bonchev–Trinajstić information content (AvgIpc) is 3.32. The Kier molecular flexibility index (Phi) is 6.16. The van der Waals surface area contributed by atoms with Crippen molar-refractivity contribution in [3.63, 3.8) is 0 Å². The van der Waals surface area contributed by atoms with Crippen LogP contribution in [0, 0.1) is 11.2 Å². The van der Waals surface area contributed by atoms with E-state index >= 15 is 0 Å². The molecule has 1 atom stereocenters. The summed E-state index contributed by atoms with van der Waals surface area (Å²) >= 11 is 0. The van der Waals surface area contributed by atoms with E-state index in [1.54, 1.807) is 12.4 Å². The number of likely N-dealkylation sites (tertiary alicyclic amines) is 1. The maximum absolute atomic E-state index is 14.2. The summed E-state index contributed by atoms with van der Waals surface area (Å²) < 4.78 is 26.0. The fourth-order valence-corrected chi connectivity index (χ4v) is 6.67. The van der Waals surface area contributed by atoms with E-state index in [0.717, 1.165) is 82.1 Å². The Balaban J connectivity index is 1.04. The van der Waals surface area contributed by atoms with Gasteiger partial charge in [-0.3, -0.25) is 0 Å². The fourth-order valence-electron chi connectivity index (χ4n) is 6.67. The molecule has 0 bridgehead atoms. The monoisotopic (exact) mass is 466 g/mol. The molecular weight excluding hydrogens is 431 g/mol. The first kappa shape index (κ1) is 22.2. The number of piperidine rings is 1. The zero-order valence-corrected chi connectivity index (χ0v) is 19.9. The van der Waals surface area contributed by atoms with Crippen molar-refractivity contribution in [3.05, 3.63) is 48.3 Å². The number of hydrogen-bond donors (Lipinski definition) is 0. The molecule has 0 amide bonds. The number of rotatable bonds is 5. The molecule has 1 spiro atoms. The van der Waals surface area contributed by atoms with Crippen molar-refractivity contribution in [2.24, 2.45) is 5.41 Å². The van der Waals surface area contributed by atoms with E-state index in [0.29, 0.717) is 17.4 Å². The molecule has 4 heterocycles. The Labute approximate surface area is 201 Å². The molecule has 2 aromatic rings. The first-order valence-corrected chi connectivity index (χ1v) is 13.0. The van der Waals surface area contributed by atoms with Gasteiger partial charge in [-0.2, -0.15) is 0 Å². The minimum Gasteiger partial charge on any atom is -0.490 e. The van der Waals surface area contributed by atoms with E-state index in [1.807, 2.05) is 18.5 Å². The van der Waals surface area contributed by atoms with Gasteiger partial charge in [-0.1, -0.05) is 0 Å². The van der Waals surface area contributed by atoms with Crippen LogP contribution in [0.1, 0.15) is 56.4 Å². The van der Waals surface area contributed by atoms with Gasteiger partial charge >= 0.3 is 0 Å². The van der Waals surface area contributed by atoms with Crippen LogP contribution in [0.5, 0.6) is 5.75 Å². The maximum atomic E-state index is 14.2. The minimum absolute atomic E-state index is 0.159. The highest BCUT2D eigenvalue weighted by Crippen LogP contribution is 2.49. The first-order chi connectivity index (χ1) is 16.7. The normalized spacial score (nSPS) is 26.0. The standard InChI is InChI=1S/C27H35FN4O2/c28-21-1-2-26(34-24-6-11-33-12-7-24)25(13-21)20-4-9-31(10-5-20)22-3-8-27(14-22)17-32(18-27)23-15-29-19-30-16-23/h1-2,13,15-16,19-20,22,24H,3-12,14,17-18H2. The lowest BCUT2D eigenvalue weighted by molar-refractivity contribution is 0.0248. The van der Waals surface area contributed by atoms with Crippen LogP contribution < -0.4 is 9.64 Å². The van der Waals surface area contributed by atoms with Crippen LogP contribution in [-0.4, -0.2) is 66.4 Å². The molecule has 1 saturated carbocycles. The summed E-state index contributed by atoms with van der Waals surface area (Å²) in [6.07, 6.45) is 13.5. The Bertz CT molecular complexity index is 970. The largest absolute Gasteiger partial charge is 0.490 e. The third-order valence-electron chi connectivity index (χ3n) is 8.56. The molecule has 6 nitrogen and oxygen atoms in total. The van der Waals surface area contributed by atoms with E-state index in [-0.39, 0.29) is 11.9 Å². The molecule has 6 rings (SSSR count). The highest BCUT2D eigenvalue weighted by atomic mass is 19.1. The van der Waals surface area contributed by atoms with Crippen LogP contribution in [0.25, 0.3) is 0 Å². The molecule has 182 valence electrons. The van der Waals surface area contributed by atoms with E-state index in [4.69, 9.17) is 9.47 Å². The SMILES string of the molecule is Fc1ccc(OC2CCOCC2)c(C2CCN(C3CCC4(C3)CN(c3cncnc3)C4)CC2)c1. The summed E-state index contributed by atoms with van der Waals surface area (Å²) in [7, 11) is 0. The number of aromatic nitrogens is 2. The van der Waals surface area contributed by atoms with Gasteiger partial charge in [0.25, 0.3) is 0 Å². The van der Waals surface area contributed by atoms with Crippen molar-refractivity contribution in [1.82, 2.24) is 14.9 Å². The second-order valence-electron chi connectivity index (χ2n) is 10.8. The number of anilines is 1. The molecule has 4 fully saturated rings. The van der Waals surface area contributed by atoms with Crippen LogP contribution in [-0.2, 0) is 4.74 Å². The molecule has 7 heteroatoms. The predicted octanol–water partition coefficient (Wildman–Crippen LogP) is 4.41. The lowest BCUT2D eigenvalue weighted by atomic mass is 9.77. The molecule has 3 aliphatic heterocycles. The van der Waals surface area contributed by atoms with Crippen molar-refractivity contribution in [2.75, 3.05) is 44.3 Å². The number of nitrogens with zero attached hydrogens (tertiary/aromatic N) is 4. The molecule has 1 aromatic carbocycles. The van der Waals surface area contributed by atoms with Gasteiger partial charge in [-0.05, 0) is 69.3 Å². The third kappa shape index (κ3) is 4.52. The first-order valence-electron chi connectivity index (χ1n) is 13.0. The zero-order valence-electron chi connectivity index (χ0n) is 19.9. The van der Waals surface area contributed by atoms with Gasteiger partial charge in [0.1, 0.15) is 24.0 Å². The smallest absolute Gasteiger partial charge is 0.123 e. The van der Waals surface area contributed by atoms with Gasteiger partial charge in [-0.25, -0.2) is 14.4 Å². The lowest BCUT2D eigenvalue weighted by Gasteiger charge is -2.50. The van der Waals surface area contributed by atoms with Crippen molar-refractivity contribution >= 4 is 5.69 Å². The van der Waals surface area contributed by atoms with Crippen LogP contribution in [0.2, 0.25) is 0 Å². The van der Waals surface area contributed by atoms with E-state index in [2.05, 4.69) is 19.8 Å². The molecule has 34 heavy (non-hydrogen) atoms. The van der Waals surface area contributed by atoms with Gasteiger partial charge in [0.2, 0.25) is 0 Å². The van der Waals surface area contributed by atoms with Crippen LogP contribution in [0.3, 0.4) is 0 Å². The Morgan fingerprint density at radius 1 is 1.00 bits per heavy atom. The summed E-state index contributed by atoms with van der Waals surface area (Å²) in [6, 6.07) is 5.78. The predicted molar refractivity (Wildman–Crippen MR) is 129 cm³/mol. The molecule has 0 radical (unpaired) electrons. The Morgan fingerprint density at radius 2 is 1.76 bits per heavy atom. The minimum atomic E-state index is -0.159. The summed E-state index contributed by atoms with van der Waals surface area (Å²) in [5.41, 5.74) is 2.67.